The molecule has 2 aromatic carbocycles. The molecule has 0 bridgehead atoms. The Hall–Kier alpha value is -2.70. The van der Waals surface area contributed by atoms with Gasteiger partial charge in [-0.05, 0) is 48.2 Å². The summed E-state index contributed by atoms with van der Waals surface area (Å²) in [5.74, 6) is 0.512. The second kappa shape index (κ2) is 6.66. The number of nitrogens with zero attached hydrogens (tertiary/aromatic N) is 3. The summed E-state index contributed by atoms with van der Waals surface area (Å²) in [5, 5.41) is 3.25. The first-order valence-corrected chi connectivity index (χ1v) is 8.63. The van der Waals surface area contributed by atoms with Crippen LogP contribution >= 0.6 is 23.4 Å². The molecule has 25 heavy (non-hydrogen) atoms. The number of amides is 1. The van der Waals surface area contributed by atoms with Crippen molar-refractivity contribution in [1.29, 1.82) is 0 Å². The molecule has 2 heterocycles. The number of hydrogen-bond donors (Lipinski definition) is 1. The van der Waals surface area contributed by atoms with E-state index in [1.165, 1.54) is 0 Å². The van der Waals surface area contributed by atoms with Gasteiger partial charge in [0.1, 0.15) is 5.84 Å². The molecule has 0 saturated carbocycles. The van der Waals surface area contributed by atoms with Crippen LogP contribution in [-0.4, -0.2) is 21.0 Å². The smallest absolute Gasteiger partial charge is 0.289 e. The molecule has 1 fully saturated rings. The van der Waals surface area contributed by atoms with Gasteiger partial charge in [-0.2, -0.15) is 0 Å². The Bertz CT molecular complexity index is 1030. The third-order valence-electron chi connectivity index (χ3n) is 3.54. The first-order valence-electron chi connectivity index (χ1n) is 7.44. The third-order valence-corrected chi connectivity index (χ3v) is 4.61. The number of hydrogen-bond acceptors (Lipinski definition) is 5. The minimum Gasteiger partial charge on any atom is -0.300 e. The maximum Gasteiger partial charge on any atom is 0.289 e. The minimum absolute atomic E-state index is 0.162. The van der Waals surface area contributed by atoms with Crippen molar-refractivity contribution in [3.63, 3.8) is 0 Å². The fourth-order valence-electron chi connectivity index (χ4n) is 2.43. The van der Waals surface area contributed by atoms with E-state index in [-0.39, 0.29) is 5.24 Å². The van der Waals surface area contributed by atoms with Gasteiger partial charge in [0.2, 0.25) is 0 Å². The quantitative estimate of drug-likeness (QED) is 0.706. The highest BCUT2D eigenvalue weighted by molar-refractivity contribution is 8.18. The molecule has 0 aliphatic carbocycles. The Morgan fingerprint density at radius 1 is 1.08 bits per heavy atom. The lowest BCUT2D eigenvalue weighted by molar-refractivity contribution is 0.265. The zero-order chi connectivity index (χ0) is 17.2. The van der Waals surface area contributed by atoms with Crippen LogP contribution in [0.2, 0.25) is 5.02 Å². The number of para-hydroxylation sites is 1. The van der Waals surface area contributed by atoms with E-state index in [1.807, 2.05) is 24.3 Å². The Kier molecular flexibility index (Phi) is 4.21. The lowest BCUT2D eigenvalue weighted by Crippen LogP contribution is -2.18. The van der Waals surface area contributed by atoms with Crippen LogP contribution < -0.4 is 5.32 Å². The average Bonchev–Trinajstić information content (AvgIpc) is 2.96. The zero-order valence-corrected chi connectivity index (χ0v) is 14.4. The number of nitrogens with one attached hydrogen (secondary N) is 1. The van der Waals surface area contributed by atoms with E-state index in [0.29, 0.717) is 16.5 Å². The molecule has 0 atom stereocenters. The molecule has 5 nitrogen and oxygen atoms in total. The van der Waals surface area contributed by atoms with Crippen molar-refractivity contribution in [1.82, 2.24) is 15.3 Å². The van der Waals surface area contributed by atoms with Gasteiger partial charge < -0.3 is 5.32 Å². The molecule has 1 amide bonds. The van der Waals surface area contributed by atoms with Gasteiger partial charge in [-0.15, -0.1) is 0 Å². The van der Waals surface area contributed by atoms with Gasteiger partial charge in [0.25, 0.3) is 5.24 Å². The van der Waals surface area contributed by atoms with Crippen LogP contribution in [0.15, 0.2) is 64.8 Å². The SMILES string of the molecule is O=C1NC(=Nc2ccc(Cl)cc2)/C(=C/c2cccc3nccnc23)S1. The van der Waals surface area contributed by atoms with Crippen molar-refractivity contribution in [3.8, 4) is 0 Å². The lowest BCUT2D eigenvalue weighted by atomic mass is 10.1. The molecule has 3 aromatic rings. The van der Waals surface area contributed by atoms with Crippen LogP contribution in [0.5, 0.6) is 0 Å². The van der Waals surface area contributed by atoms with Gasteiger partial charge in [-0.25, -0.2) is 4.99 Å². The van der Waals surface area contributed by atoms with E-state index in [4.69, 9.17) is 11.6 Å². The summed E-state index contributed by atoms with van der Waals surface area (Å²) in [7, 11) is 0. The first kappa shape index (κ1) is 15.8. The van der Waals surface area contributed by atoms with Crippen LogP contribution in [0.4, 0.5) is 10.5 Å². The van der Waals surface area contributed by atoms with Crippen molar-refractivity contribution >= 4 is 57.2 Å². The third kappa shape index (κ3) is 3.40. The van der Waals surface area contributed by atoms with E-state index in [2.05, 4.69) is 20.3 Å². The highest BCUT2D eigenvalue weighted by Gasteiger charge is 2.23. The maximum atomic E-state index is 11.8. The van der Waals surface area contributed by atoms with E-state index < -0.39 is 0 Å². The van der Waals surface area contributed by atoms with Crippen LogP contribution in [0, 0.1) is 0 Å². The Morgan fingerprint density at radius 3 is 2.72 bits per heavy atom. The lowest BCUT2D eigenvalue weighted by Gasteiger charge is -2.02. The predicted molar refractivity (Wildman–Crippen MR) is 102 cm³/mol. The fraction of sp³-hybridized carbons (Fsp3) is 0. The molecule has 0 spiro atoms. The Balaban J connectivity index is 1.77. The predicted octanol–water partition coefficient (Wildman–Crippen LogP) is 4.81. The number of benzene rings is 2. The normalized spacial score (nSPS) is 17.4. The topological polar surface area (TPSA) is 67.2 Å². The first-order chi connectivity index (χ1) is 12.2. The van der Waals surface area contributed by atoms with Crippen LogP contribution in [0.3, 0.4) is 0 Å². The van der Waals surface area contributed by atoms with Gasteiger partial charge in [0.05, 0.1) is 21.6 Å². The standard InChI is InChI=1S/C18H11ClN4OS/c19-12-4-6-13(7-5-12)22-17-15(25-18(24)23-17)10-11-2-1-3-14-16(11)21-9-8-20-14/h1-10H,(H,22,23,24)/b15-10-. The number of carbonyl (C=O) groups excluding carboxylic acids is 1. The van der Waals surface area contributed by atoms with E-state index in [0.717, 1.165) is 33.3 Å². The largest absolute Gasteiger partial charge is 0.300 e. The van der Waals surface area contributed by atoms with Crippen molar-refractivity contribution in [2.75, 3.05) is 0 Å². The Labute approximate surface area is 152 Å². The number of thioether (sulfide) groups is 1. The van der Waals surface area contributed by atoms with Crippen molar-refractivity contribution < 1.29 is 4.79 Å². The molecule has 122 valence electrons. The molecule has 7 heteroatoms. The average molecular weight is 367 g/mol. The van der Waals surface area contributed by atoms with Gasteiger partial charge >= 0.3 is 0 Å². The van der Waals surface area contributed by atoms with Crippen LogP contribution in [-0.2, 0) is 0 Å². The molecule has 1 N–H and O–H groups in total. The Morgan fingerprint density at radius 2 is 1.88 bits per heavy atom. The van der Waals surface area contributed by atoms with Crippen LogP contribution in [0.25, 0.3) is 17.1 Å². The van der Waals surface area contributed by atoms with Gasteiger partial charge in [-0.1, -0.05) is 23.7 Å². The molecule has 0 unspecified atom stereocenters. The fourth-order valence-corrected chi connectivity index (χ4v) is 3.28. The van der Waals surface area contributed by atoms with Gasteiger partial charge in [-0.3, -0.25) is 14.8 Å². The highest BCUT2D eigenvalue weighted by Crippen LogP contribution is 2.30. The summed E-state index contributed by atoms with van der Waals surface area (Å²) in [4.78, 5) is 25.8. The minimum atomic E-state index is -0.162. The number of rotatable bonds is 2. The molecule has 1 aromatic heterocycles. The second-order valence-corrected chi connectivity index (χ2v) is 6.68. The molecular weight excluding hydrogens is 356 g/mol. The summed E-state index contributed by atoms with van der Waals surface area (Å²) in [5.41, 5.74) is 3.18. The van der Waals surface area contributed by atoms with Crippen LogP contribution in [0.1, 0.15) is 5.56 Å². The van der Waals surface area contributed by atoms with Crippen molar-refractivity contribution in [2.24, 2.45) is 4.99 Å². The van der Waals surface area contributed by atoms with Crippen molar-refractivity contribution in [3.05, 3.63) is 70.3 Å². The van der Waals surface area contributed by atoms with E-state index in [1.54, 1.807) is 36.7 Å². The summed E-state index contributed by atoms with van der Waals surface area (Å²) < 4.78 is 0. The summed E-state index contributed by atoms with van der Waals surface area (Å²) >= 11 is 7.00. The molecule has 4 rings (SSSR count). The molecule has 1 aliphatic heterocycles. The van der Waals surface area contributed by atoms with E-state index >= 15 is 0 Å². The molecule has 0 radical (unpaired) electrons. The van der Waals surface area contributed by atoms with Gasteiger partial charge in [0, 0.05) is 23.0 Å². The summed E-state index contributed by atoms with van der Waals surface area (Å²) in [6, 6.07) is 12.9. The summed E-state index contributed by atoms with van der Waals surface area (Å²) in [6.45, 7) is 0. The van der Waals surface area contributed by atoms with Gasteiger partial charge in [0.15, 0.2) is 0 Å². The number of aromatic nitrogens is 2. The zero-order valence-electron chi connectivity index (χ0n) is 12.8. The summed E-state index contributed by atoms with van der Waals surface area (Å²) in [6.07, 6.45) is 5.20. The highest BCUT2D eigenvalue weighted by atomic mass is 35.5. The number of aliphatic imine (C=N–C) groups is 1. The number of halogens is 1. The van der Waals surface area contributed by atoms with E-state index in [9.17, 15) is 4.79 Å². The number of carbonyl (C=O) groups is 1. The monoisotopic (exact) mass is 366 g/mol. The molecule has 1 aliphatic rings. The van der Waals surface area contributed by atoms with Crippen molar-refractivity contribution in [2.45, 2.75) is 0 Å². The number of amidine groups is 1. The molecule has 1 saturated heterocycles. The molecular formula is C18H11ClN4OS. The maximum absolute atomic E-state index is 11.8. The second-order valence-electron chi connectivity index (χ2n) is 5.23. The number of fused-ring (bicyclic) bond motifs is 1.